The Morgan fingerprint density at radius 3 is 1.10 bits per heavy atom. The van der Waals surface area contributed by atoms with Crippen LogP contribution in [-0.4, -0.2) is 104 Å². The maximum absolute atomic E-state index is 12.4. The third-order valence-electron chi connectivity index (χ3n) is 4.34. The van der Waals surface area contributed by atoms with Crippen LogP contribution in [0.2, 0.25) is 0 Å². The number of nitrogens with one attached hydrogen (secondary N) is 2. The molecule has 168 valence electrons. The van der Waals surface area contributed by atoms with Crippen LogP contribution in [0.5, 0.6) is 0 Å². The third kappa shape index (κ3) is 5.90. The van der Waals surface area contributed by atoms with Crippen molar-refractivity contribution >= 4 is 11.8 Å². The molecular formula is C16H26N6O8. The molecular weight excluding hydrogens is 404 g/mol. The molecule has 0 heterocycles. The lowest BCUT2D eigenvalue weighted by Gasteiger charge is -2.31. The molecule has 14 nitrogen and oxygen atoms in total. The average molecular weight is 430 g/mol. The molecule has 2 unspecified atom stereocenters. The number of hydrogen-bond donors (Lipinski definition) is 8. The van der Waals surface area contributed by atoms with Crippen molar-refractivity contribution in [3.8, 4) is 12.1 Å². The van der Waals surface area contributed by atoms with E-state index in [4.69, 9.17) is 0 Å². The summed E-state index contributed by atoms with van der Waals surface area (Å²) in [4.78, 5) is 24.9. The normalized spacial score (nSPS) is 16.1. The van der Waals surface area contributed by atoms with E-state index in [1.807, 2.05) is 0 Å². The van der Waals surface area contributed by atoms with Crippen molar-refractivity contribution in [2.24, 2.45) is 10.2 Å². The summed E-state index contributed by atoms with van der Waals surface area (Å²) in [7, 11) is 0. The molecule has 2 amide bonds. The molecule has 0 bridgehead atoms. The summed E-state index contributed by atoms with van der Waals surface area (Å²) in [6, 6.07) is 3.02. The zero-order chi connectivity index (χ0) is 23.6. The summed E-state index contributed by atoms with van der Waals surface area (Å²) in [6.07, 6.45) is 0. The van der Waals surface area contributed by atoms with Gasteiger partial charge in [0, 0.05) is 0 Å². The van der Waals surface area contributed by atoms with Gasteiger partial charge in [0.1, 0.15) is 23.2 Å². The van der Waals surface area contributed by atoms with Crippen molar-refractivity contribution in [2.75, 3.05) is 39.6 Å². The molecule has 0 spiro atoms. The van der Waals surface area contributed by atoms with Gasteiger partial charge in [-0.15, -0.1) is 0 Å². The highest BCUT2D eigenvalue weighted by Crippen LogP contribution is 2.19. The topological polar surface area (TPSA) is 252 Å². The second-order valence-electron chi connectivity index (χ2n) is 6.99. The molecule has 0 aromatic carbocycles. The number of nitriles is 2. The molecule has 0 aromatic heterocycles. The molecule has 0 saturated carbocycles. The van der Waals surface area contributed by atoms with Crippen LogP contribution in [0.4, 0.5) is 0 Å². The summed E-state index contributed by atoms with van der Waals surface area (Å²) in [5.41, 5.74) is -8.37. The van der Waals surface area contributed by atoms with Crippen LogP contribution < -0.4 is 10.6 Å². The highest BCUT2D eigenvalue weighted by atomic mass is 16.3. The lowest BCUT2D eigenvalue weighted by molar-refractivity contribution is -0.130. The minimum absolute atomic E-state index is 0.867. The molecule has 0 aliphatic rings. The first-order chi connectivity index (χ1) is 13.9. The quantitative estimate of drug-likeness (QED) is 0.138. The van der Waals surface area contributed by atoms with Gasteiger partial charge in [-0.25, -0.2) is 0 Å². The zero-order valence-electron chi connectivity index (χ0n) is 16.5. The Hall–Kier alpha value is -2.72. The molecule has 8 N–H and O–H groups in total. The Balaban J connectivity index is 5.84. The van der Waals surface area contributed by atoms with Gasteiger partial charge in [0.15, 0.2) is 0 Å². The number of amides is 2. The molecule has 0 fully saturated rings. The fourth-order valence-corrected chi connectivity index (χ4v) is 1.70. The molecule has 0 aliphatic carbocycles. The van der Waals surface area contributed by atoms with E-state index in [0.29, 0.717) is 0 Å². The van der Waals surface area contributed by atoms with Gasteiger partial charge in [0.05, 0.1) is 39.6 Å². The van der Waals surface area contributed by atoms with Crippen molar-refractivity contribution in [2.45, 2.75) is 36.0 Å². The average Bonchev–Trinajstić information content (AvgIpc) is 2.78. The van der Waals surface area contributed by atoms with Crippen molar-refractivity contribution in [3.05, 3.63) is 0 Å². The first kappa shape index (κ1) is 27.3. The van der Waals surface area contributed by atoms with E-state index in [9.17, 15) is 50.8 Å². The fraction of sp³-hybridized carbons (Fsp3) is 0.750. The number of rotatable bonds is 12. The number of hydrogen-bond acceptors (Lipinski definition) is 12. The molecule has 0 rings (SSSR count). The van der Waals surface area contributed by atoms with Crippen LogP contribution in [0.25, 0.3) is 0 Å². The number of nitrogens with zero attached hydrogens (tertiary/aromatic N) is 4. The van der Waals surface area contributed by atoms with Crippen LogP contribution in [0.1, 0.15) is 13.8 Å². The second kappa shape index (κ2) is 10.9. The Kier molecular flexibility index (Phi) is 9.90. The van der Waals surface area contributed by atoms with Crippen LogP contribution >= 0.6 is 0 Å². The van der Waals surface area contributed by atoms with Gasteiger partial charge >= 0.3 is 0 Å². The summed E-state index contributed by atoms with van der Waals surface area (Å²) in [5, 5.41) is 85.5. The number of carbonyl (C=O) groups excluding carboxylic acids is 2. The Morgan fingerprint density at radius 1 is 0.700 bits per heavy atom. The van der Waals surface area contributed by atoms with E-state index in [2.05, 4.69) is 20.9 Å². The van der Waals surface area contributed by atoms with Crippen LogP contribution in [-0.2, 0) is 9.59 Å². The van der Waals surface area contributed by atoms with E-state index in [0.717, 1.165) is 13.8 Å². The molecule has 0 aromatic rings. The minimum Gasteiger partial charge on any atom is -0.394 e. The van der Waals surface area contributed by atoms with Gasteiger partial charge in [-0.2, -0.15) is 20.8 Å². The lowest BCUT2D eigenvalue weighted by atomic mass is 9.98. The van der Waals surface area contributed by atoms with E-state index in [1.54, 1.807) is 0 Å². The van der Waals surface area contributed by atoms with Crippen molar-refractivity contribution in [1.29, 1.82) is 10.5 Å². The molecule has 0 saturated heterocycles. The minimum atomic E-state index is -2.33. The van der Waals surface area contributed by atoms with Gasteiger partial charge in [-0.3, -0.25) is 9.59 Å². The SMILES string of the molecule is CC(C#N)(N=NC(C)(C#N)C(=O)NC(CO)(CO)CO)C(=O)NC(CO)(CO)CO. The highest BCUT2D eigenvalue weighted by molar-refractivity contribution is 5.91. The van der Waals surface area contributed by atoms with Gasteiger partial charge in [-0.05, 0) is 13.8 Å². The summed E-state index contributed by atoms with van der Waals surface area (Å²) in [6.45, 7) is -3.26. The van der Waals surface area contributed by atoms with Crippen molar-refractivity contribution in [3.63, 3.8) is 0 Å². The van der Waals surface area contributed by atoms with Gasteiger partial charge in [0.25, 0.3) is 11.8 Å². The van der Waals surface area contributed by atoms with E-state index < -0.39 is 73.6 Å². The summed E-state index contributed by atoms with van der Waals surface area (Å²) >= 11 is 0. The third-order valence-corrected chi connectivity index (χ3v) is 4.34. The first-order valence-corrected chi connectivity index (χ1v) is 8.52. The van der Waals surface area contributed by atoms with Gasteiger partial charge in [0.2, 0.25) is 11.1 Å². The highest BCUT2D eigenvalue weighted by Gasteiger charge is 2.43. The second-order valence-corrected chi connectivity index (χ2v) is 6.99. The molecule has 0 aliphatic heterocycles. The largest absolute Gasteiger partial charge is 0.394 e. The number of carbonyl (C=O) groups is 2. The maximum atomic E-state index is 12.4. The zero-order valence-corrected chi connectivity index (χ0v) is 16.5. The smallest absolute Gasteiger partial charge is 0.264 e. The molecule has 2 atom stereocenters. The standard InChI is InChI=1S/C16H26N6O8/c1-13(3-17,11(29)19-15(5-23,6-24)7-25)21-22-14(2,4-18)12(30)20-16(8-26,9-27)10-28/h23-28H,5-10H2,1-2H3,(H,19,29)(H,20,30). The number of aliphatic hydroxyl groups is 6. The van der Waals surface area contributed by atoms with Gasteiger partial charge in [-0.1, -0.05) is 0 Å². The first-order valence-electron chi connectivity index (χ1n) is 8.52. The van der Waals surface area contributed by atoms with Gasteiger partial charge < -0.3 is 41.3 Å². The summed E-state index contributed by atoms with van der Waals surface area (Å²) in [5.74, 6) is -2.39. The molecule has 30 heavy (non-hydrogen) atoms. The van der Waals surface area contributed by atoms with Crippen molar-refractivity contribution in [1.82, 2.24) is 10.6 Å². The van der Waals surface area contributed by atoms with Crippen LogP contribution in [0.15, 0.2) is 10.2 Å². The molecule has 0 radical (unpaired) electrons. The molecule has 14 heteroatoms. The Bertz CT molecular complexity index is 648. The Labute approximate surface area is 172 Å². The van der Waals surface area contributed by atoms with E-state index >= 15 is 0 Å². The van der Waals surface area contributed by atoms with Crippen LogP contribution in [0, 0.1) is 22.7 Å². The number of azo groups is 1. The monoisotopic (exact) mass is 430 g/mol. The van der Waals surface area contributed by atoms with Crippen LogP contribution in [0.3, 0.4) is 0 Å². The predicted octanol–water partition coefficient (Wildman–Crippen LogP) is -4.33. The number of aliphatic hydroxyl groups excluding tert-OH is 6. The fourth-order valence-electron chi connectivity index (χ4n) is 1.70. The predicted molar refractivity (Wildman–Crippen MR) is 97.2 cm³/mol. The lowest BCUT2D eigenvalue weighted by Crippen LogP contribution is -2.61. The summed E-state index contributed by atoms with van der Waals surface area (Å²) < 4.78 is 0. The van der Waals surface area contributed by atoms with E-state index in [-0.39, 0.29) is 0 Å². The Morgan fingerprint density at radius 2 is 0.933 bits per heavy atom. The maximum Gasteiger partial charge on any atom is 0.264 e. The van der Waals surface area contributed by atoms with E-state index in [1.165, 1.54) is 12.1 Å². The van der Waals surface area contributed by atoms with Crippen molar-refractivity contribution < 1.29 is 40.2 Å².